The Kier molecular flexibility index (Phi) is 3.49. The molecule has 0 radical (unpaired) electrons. The normalized spacial score (nSPS) is 18.1. The zero-order chi connectivity index (χ0) is 14.8. The van der Waals surface area contributed by atoms with Crippen molar-refractivity contribution in [1.29, 1.82) is 10.5 Å². The van der Waals surface area contributed by atoms with Crippen LogP contribution < -0.4 is 5.73 Å². The summed E-state index contributed by atoms with van der Waals surface area (Å²) in [6.07, 6.45) is 0. The van der Waals surface area contributed by atoms with Gasteiger partial charge in [0, 0.05) is 4.88 Å². The van der Waals surface area contributed by atoms with Gasteiger partial charge in [0.25, 0.3) is 0 Å². The van der Waals surface area contributed by atoms with E-state index in [1.807, 2.05) is 35.0 Å². The van der Waals surface area contributed by atoms with Gasteiger partial charge in [0.15, 0.2) is 5.76 Å². The first-order chi connectivity index (χ1) is 10.3. The summed E-state index contributed by atoms with van der Waals surface area (Å²) in [4.78, 5) is 1.73. The molecule has 21 heavy (non-hydrogen) atoms. The van der Waals surface area contributed by atoms with E-state index < -0.39 is 5.92 Å². The highest BCUT2D eigenvalue weighted by Crippen LogP contribution is 2.43. The number of rotatable bonds is 2. The number of nitrogens with two attached hydrogens (primary N) is 1. The Morgan fingerprint density at radius 1 is 1.05 bits per heavy atom. The minimum Gasteiger partial charge on any atom is -0.438 e. The molecule has 102 valence electrons. The van der Waals surface area contributed by atoms with Gasteiger partial charge in [-0.2, -0.15) is 10.5 Å². The molecule has 3 rings (SSSR count). The molecule has 0 unspecified atom stereocenters. The van der Waals surface area contributed by atoms with Crippen LogP contribution in [0.3, 0.4) is 0 Å². The summed E-state index contributed by atoms with van der Waals surface area (Å²) in [5, 5.41) is 22.8. The van der Waals surface area contributed by atoms with Crippen LogP contribution in [-0.4, -0.2) is 0 Å². The smallest absolute Gasteiger partial charge is 0.205 e. The largest absolute Gasteiger partial charge is 0.438 e. The Morgan fingerprint density at radius 2 is 1.76 bits per heavy atom. The topological polar surface area (TPSA) is 82.8 Å². The minimum atomic E-state index is -0.453. The molecule has 6 heteroatoms. The molecule has 0 saturated carbocycles. The van der Waals surface area contributed by atoms with E-state index in [2.05, 4.69) is 12.1 Å². The van der Waals surface area contributed by atoms with Crippen molar-refractivity contribution in [2.75, 3.05) is 0 Å². The Labute approximate surface area is 129 Å². The van der Waals surface area contributed by atoms with Crippen molar-refractivity contribution in [3.8, 4) is 12.1 Å². The lowest BCUT2D eigenvalue weighted by atomic mass is 9.88. The van der Waals surface area contributed by atoms with E-state index >= 15 is 0 Å². The Morgan fingerprint density at radius 3 is 2.33 bits per heavy atom. The highest BCUT2D eigenvalue weighted by atomic mass is 32.1. The quantitative estimate of drug-likeness (QED) is 0.919. The van der Waals surface area contributed by atoms with Gasteiger partial charge >= 0.3 is 0 Å². The lowest BCUT2D eigenvalue weighted by Crippen LogP contribution is -2.19. The molecular weight excluding hydrogens is 302 g/mol. The predicted octanol–water partition coefficient (Wildman–Crippen LogP) is 3.55. The zero-order valence-electron chi connectivity index (χ0n) is 10.7. The zero-order valence-corrected chi connectivity index (χ0v) is 12.4. The van der Waals surface area contributed by atoms with E-state index in [9.17, 15) is 10.5 Å². The summed E-state index contributed by atoms with van der Waals surface area (Å²) < 4.78 is 5.57. The summed E-state index contributed by atoms with van der Waals surface area (Å²) in [6, 6.07) is 11.8. The molecule has 0 aromatic carbocycles. The average molecular weight is 311 g/mol. The second-order valence-corrected chi connectivity index (χ2v) is 6.20. The standard InChI is InChI=1S/C15H9N3OS2/c16-7-9-13(11-3-1-5-20-11)10(8-17)15(18)19-14(9)12-4-2-6-21-12/h1-6,13H,18H2/t13-/m0/s1. The van der Waals surface area contributed by atoms with Gasteiger partial charge in [0.2, 0.25) is 5.88 Å². The van der Waals surface area contributed by atoms with Gasteiger partial charge in [-0.15, -0.1) is 22.7 Å². The van der Waals surface area contributed by atoms with Crippen LogP contribution in [0.5, 0.6) is 0 Å². The third kappa shape index (κ3) is 2.21. The second-order valence-electron chi connectivity index (χ2n) is 4.27. The molecule has 1 aliphatic heterocycles. The van der Waals surface area contributed by atoms with Crippen molar-refractivity contribution in [2.45, 2.75) is 5.92 Å². The van der Waals surface area contributed by atoms with Crippen molar-refractivity contribution >= 4 is 28.4 Å². The Hall–Kier alpha value is -2.54. The fourth-order valence-electron chi connectivity index (χ4n) is 2.20. The molecule has 0 bridgehead atoms. The van der Waals surface area contributed by atoms with Crippen molar-refractivity contribution < 1.29 is 4.74 Å². The molecule has 0 aliphatic carbocycles. The summed E-state index contributed by atoms with van der Waals surface area (Å²) in [7, 11) is 0. The highest BCUT2D eigenvalue weighted by Gasteiger charge is 2.34. The van der Waals surface area contributed by atoms with E-state index in [0.717, 1.165) is 9.75 Å². The SMILES string of the molecule is N#CC1=C(N)OC(c2cccs2)=C(C#N)[C@@H]1c1cccs1. The number of nitrogens with zero attached hydrogens (tertiary/aromatic N) is 2. The number of allylic oxidation sites excluding steroid dienone is 2. The van der Waals surface area contributed by atoms with Crippen LogP contribution in [0, 0.1) is 22.7 Å². The Balaban J connectivity index is 2.22. The van der Waals surface area contributed by atoms with Gasteiger partial charge in [-0.3, -0.25) is 0 Å². The maximum absolute atomic E-state index is 9.58. The van der Waals surface area contributed by atoms with Crippen LogP contribution in [0.25, 0.3) is 5.76 Å². The number of hydrogen-bond acceptors (Lipinski definition) is 6. The molecule has 1 atom stereocenters. The summed E-state index contributed by atoms with van der Waals surface area (Å²) in [5.74, 6) is 0.0616. The van der Waals surface area contributed by atoms with Crippen LogP contribution in [0.4, 0.5) is 0 Å². The maximum atomic E-state index is 9.58. The van der Waals surface area contributed by atoms with Crippen LogP contribution in [-0.2, 0) is 4.74 Å². The second kappa shape index (κ2) is 5.45. The molecule has 2 aromatic rings. The molecule has 0 spiro atoms. The van der Waals surface area contributed by atoms with Crippen molar-refractivity contribution in [1.82, 2.24) is 0 Å². The van der Waals surface area contributed by atoms with Gasteiger partial charge in [0.1, 0.15) is 11.6 Å². The van der Waals surface area contributed by atoms with E-state index in [1.165, 1.54) is 22.7 Å². The molecule has 2 N–H and O–H groups in total. The lowest BCUT2D eigenvalue weighted by Gasteiger charge is -2.24. The maximum Gasteiger partial charge on any atom is 0.205 e. The fourth-order valence-corrected chi connectivity index (χ4v) is 3.77. The first-order valence-corrected chi connectivity index (χ1v) is 7.81. The summed E-state index contributed by atoms with van der Waals surface area (Å²) >= 11 is 2.96. The molecule has 1 aliphatic rings. The number of hydrogen-bond donors (Lipinski definition) is 1. The van der Waals surface area contributed by atoms with Crippen LogP contribution >= 0.6 is 22.7 Å². The van der Waals surface area contributed by atoms with Gasteiger partial charge in [-0.25, -0.2) is 0 Å². The van der Waals surface area contributed by atoms with Gasteiger partial charge < -0.3 is 10.5 Å². The first kappa shape index (κ1) is 13.4. The first-order valence-electron chi connectivity index (χ1n) is 6.05. The van der Waals surface area contributed by atoms with E-state index in [4.69, 9.17) is 10.5 Å². The van der Waals surface area contributed by atoms with E-state index in [-0.39, 0.29) is 11.5 Å². The third-order valence-electron chi connectivity index (χ3n) is 3.11. The summed E-state index contributed by atoms with van der Waals surface area (Å²) in [6.45, 7) is 0. The minimum absolute atomic E-state index is 0.0679. The monoisotopic (exact) mass is 311 g/mol. The number of ether oxygens (including phenoxy) is 1. The van der Waals surface area contributed by atoms with Crippen molar-refractivity contribution in [3.05, 3.63) is 61.8 Å². The van der Waals surface area contributed by atoms with E-state index in [1.54, 1.807) is 0 Å². The van der Waals surface area contributed by atoms with Crippen LogP contribution in [0.1, 0.15) is 15.7 Å². The van der Waals surface area contributed by atoms with Crippen LogP contribution in [0.15, 0.2) is 52.1 Å². The highest BCUT2D eigenvalue weighted by molar-refractivity contribution is 7.11. The van der Waals surface area contributed by atoms with Gasteiger partial charge in [0.05, 0.1) is 22.4 Å². The van der Waals surface area contributed by atoms with Crippen molar-refractivity contribution in [2.24, 2.45) is 5.73 Å². The third-order valence-corrected chi connectivity index (χ3v) is 4.92. The lowest BCUT2D eigenvalue weighted by molar-refractivity contribution is 0.359. The molecule has 2 aromatic heterocycles. The summed E-state index contributed by atoms with van der Waals surface area (Å²) in [5.41, 5.74) is 6.61. The van der Waals surface area contributed by atoms with Crippen molar-refractivity contribution in [3.63, 3.8) is 0 Å². The molecule has 3 heterocycles. The number of nitriles is 2. The predicted molar refractivity (Wildman–Crippen MR) is 81.8 cm³/mol. The molecule has 0 amide bonds. The molecule has 4 nitrogen and oxygen atoms in total. The molecular formula is C15H9N3OS2. The van der Waals surface area contributed by atoms with Gasteiger partial charge in [-0.05, 0) is 22.9 Å². The van der Waals surface area contributed by atoms with Gasteiger partial charge in [-0.1, -0.05) is 12.1 Å². The Bertz CT molecular complexity index is 802. The van der Waals surface area contributed by atoms with E-state index in [0.29, 0.717) is 11.3 Å². The average Bonchev–Trinajstić information content (AvgIpc) is 3.19. The fraction of sp³-hybridized carbons (Fsp3) is 0.0667. The molecule has 0 fully saturated rings. The number of thiophene rings is 2. The van der Waals surface area contributed by atoms with Crippen LogP contribution in [0.2, 0.25) is 0 Å². The molecule has 0 saturated heterocycles.